The smallest absolute Gasteiger partial charge is 0.251 e. The molecule has 5 nitrogen and oxygen atoms in total. The molecule has 0 saturated carbocycles. The molecule has 0 aliphatic carbocycles. The highest BCUT2D eigenvalue weighted by atomic mass is 79.9. The molecular weight excluding hydrogens is 427 g/mol. The Balaban J connectivity index is 1.76. The molecule has 0 atom stereocenters. The van der Waals surface area contributed by atoms with E-state index in [0.717, 1.165) is 22.2 Å². The first kappa shape index (κ1) is 20.2. The number of fused-ring (bicyclic) bond motifs is 1. The monoisotopic (exact) mass is 448 g/mol. The van der Waals surface area contributed by atoms with Crippen LogP contribution < -0.4 is 14.8 Å². The van der Waals surface area contributed by atoms with Gasteiger partial charge in [-0.05, 0) is 71.6 Å². The summed E-state index contributed by atoms with van der Waals surface area (Å²) in [6, 6.07) is 6.80. The van der Waals surface area contributed by atoms with E-state index < -0.39 is 0 Å². The van der Waals surface area contributed by atoms with E-state index in [1.807, 2.05) is 13.8 Å². The molecule has 1 amide bonds. The molecule has 7 heteroatoms. The normalized spacial score (nSPS) is 10.9. The summed E-state index contributed by atoms with van der Waals surface area (Å²) in [6.45, 7) is 4.29. The molecule has 0 spiro atoms. The largest absolute Gasteiger partial charge is 0.493 e. The van der Waals surface area contributed by atoms with Crippen molar-refractivity contribution in [3.63, 3.8) is 0 Å². The third-order valence-corrected chi connectivity index (χ3v) is 5.37. The van der Waals surface area contributed by atoms with Gasteiger partial charge in [-0.15, -0.1) is 0 Å². The van der Waals surface area contributed by atoms with Crippen LogP contribution in [0.3, 0.4) is 0 Å². The number of carbonyl (C=O) groups is 1. The Morgan fingerprint density at radius 1 is 1.18 bits per heavy atom. The first-order valence-electron chi connectivity index (χ1n) is 8.83. The van der Waals surface area contributed by atoms with Crippen molar-refractivity contribution in [3.05, 3.63) is 56.9 Å². The molecule has 0 unspecified atom stereocenters. The van der Waals surface area contributed by atoms with Crippen molar-refractivity contribution in [2.45, 2.75) is 20.3 Å². The number of carbonyl (C=O) groups excluding carboxylic acids is 1. The van der Waals surface area contributed by atoms with Crippen LogP contribution in [0.15, 0.2) is 28.7 Å². The van der Waals surface area contributed by atoms with Gasteiger partial charge in [0.15, 0.2) is 17.3 Å². The third kappa shape index (κ3) is 3.71. The van der Waals surface area contributed by atoms with Crippen molar-refractivity contribution in [1.82, 2.24) is 10.3 Å². The van der Waals surface area contributed by atoms with Gasteiger partial charge in [-0.25, -0.2) is 4.39 Å². The molecule has 0 fully saturated rings. The lowest BCUT2D eigenvalue weighted by Gasteiger charge is -2.10. The number of rotatable bonds is 6. The van der Waals surface area contributed by atoms with Crippen LogP contribution in [-0.2, 0) is 6.42 Å². The standard InChI is InChI=1S/C21H22BrFN2O3/c1-11-9-15(22)19(23)20-18(11)14(12(2)25-20)7-8-24-21(26)13-5-6-16(27-3)17(10-13)28-4/h5-6,9-10,25H,7-8H2,1-4H3,(H,24,26). The lowest BCUT2D eigenvalue weighted by Crippen LogP contribution is -2.25. The zero-order chi connectivity index (χ0) is 20.4. The van der Waals surface area contributed by atoms with Crippen molar-refractivity contribution < 1.29 is 18.7 Å². The van der Waals surface area contributed by atoms with Crippen LogP contribution in [0, 0.1) is 19.7 Å². The Bertz CT molecular complexity index is 1050. The number of aromatic nitrogens is 1. The predicted molar refractivity (Wildman–Crippen MR) is 111 cm³/mol. The van der Waals surface area contributed by atoms with Crippen LogP contribution in [0.5, 0.6) is 11.5 Å². The second kappa shape index (κ2) is 8.22. The third-order valence-electron chi connectivity index (χ3n) is 4.79. The van der Waals surface area contributed by atoms with Crippen LogP contribution in [0.25, 0.3) is 10.9 Å². The van der Waals surface area contributed by atoms with Crippen molar-refractivity contribution >= 4 is 32.7 Å². The Labute approximate surface area is 171 Å². The lowest BCUT2D eigenvalue weighted by atomic mass is 10.0. The second-order valence-electron chi connectivity index (χ2n) is 6.54. The molecule has 3 rings (SSSR count). The van der Waals surface area contributed by atoms with Gasteiger partial charge in [0.05, 0.1) is 24.2 Å². The molecular formula is C21H22BrFN2O3. The first-order valence-corrected chi connectivity index (χ1v) is 9.62. The van der Waals surface area contributed by atoms with Gasteiger partial charge in [-0.3, -0.25) is 4.79 Å². The van der Waals surface area contributed by atoms with E-state index in [2.05, 4.69) is 26.2 Å². The minimum absolute atomic E-state index is 0.205. The quantitative estimate of drug-likeness (QED) is 0.575. The number of aryl methyl sites for hydroxylation is 2. The average molecular weight is 449 g/mol. The SMILES string of the molecule is COc1ccc(C(=O)NCCc2c(C)[nH]c3c(F)c(Br)cc(C)c23)cc1OC. The summed E-state index contributed by atoms with van der Waals surface area (Å²) in [7, 11) is 3.07. The van der Waals surface area contributed by atoms with Crippen molar-refractivity contribution in [2.75, 3.05) is 20.8 Å². The van der Waals surface area contributed by atoms with Gasteiger partial charge in [0.25, 0.3) is 5.91 Å². The zero-order valence-corrected chi connectivity index (χ0v) is 17.8. The van der Waals surface area contributed by atoms with E-state index in [9.17, 15) is 9.18 Å². The molecule has 148 valence electrons. The van der Waals surface area contributed by atoms with E-state index in [1.54, 1.807) is 31.4 Å². The second-order valence-corrected chi connectivity index (χ2v) is 7.40. The fourth-order valence-electron chi connectivity index (χ4n) is 3.40. The van der Waals surface area contributed by atoms with Gasteiger partial charge in [-0.2, -0.15) is 0 Å². The number of amides is 1. The van der Waals surface area contributed by atoms with E-state index in [0.29, 0.717) is 40.0 Å². The van der Waals surface area contributed by atoms with E-state index in [-0.39, 0.29) is 11.7 Å². The number of aromatic amines is 1. The van der Waals surface area contributed by atoms with E-state index >= 15 is 0 Å². The van der Waals surface area contributed by atoms with Crippen LogP contribution in [0.4, 0.5) is 4.39 Å². The molecule has 1 aromatic heterocycles. The minimum atomic E-state index is -0.302. The molecule has 2 N–H and O–H groups in total. The summed E-state index contributed by atoms with van der Waals surface area (Å²) in [4.78, 5) is 15.6. The molecule has 28 heavy (non-hydrogen) atoms. The Hall–Kier alpha value is -2.54. The van der Waals surface area contributed by atoms with E-state index in [4.69, 9.17) is 9.47 Å². The maximum atomic E-state index is 14.4. The van der Waals surface area contributed by atoms with Crippen LogP contribution in [0.2, 0.25) is 0 Å². The molecule has 3 aromatic rings. The predicted octanol–water partition coefficient (Wildman–Crippen LogP) is 4.68. The number of benzene rings is 2. The topological polar surface area (TPSA) is 63.3 Å². The molecule has 0 radical (unpaired) electrons. The minimum Gasteiger partial charge on any atom is -0.493 e. The van der Waals surface area contributed by atoms with Crippen LogP contribution in [0.1, 0.15) is 27.2 Å². The Morgan fingerprint density at radius 3 is 2.57 bits per heavy atom. The number of ether oxygens (including phenoxy) is 2. The molecule has 0 bridgehead atoms. The van der Waals surface area contributed by atoms with Crippen molar-refractivity contribution in [1.29, 1.82) is 0 Å². The number of hydrogen-bond donors (Lipinski definition) is 2. The van der Waals surface area contributed by atoms with Gasteiger partial charge in [0, 0.05) is 23.2 Å². The molecule has 0 saturated heterocycles. The summed E-state index contributed by atoms with van der Waals surface area (Å²) in [5.41, 5.74) is 3.86. The highest BCUT2D eigenvalue weighted by Crippen LogP contribution is 2.32. The fourth-order valence-corrected chi connectivity index (χ4v) is 3.94. The maximum Gasteiger partial charge on any atom is 0.251 e. The summed E-state index contributed by atoms with van der Waals surface area (Å²) >= 11 is 3.25. The summed E-state index contributed by atoms with van der Waals surface area (Å²) in [6.07, 6.45) is 0.590. The zero-order valence-electron chi connectivity index (χ0n) is 16.2. The summed E-state index contributed by atoms with van der Waals surface area (Å²) in [5, 5.41) is 3.78. The fraction of sp³-hybridized carbons (Fsp3) is 0.286. The Kier molecular flexibility index (Phi) is 5.93. The molecule has 2 aromatic carbocycles. The summed E-state index contributed by atoms with van der Waals surface area (Å²) in [5.74, 6) is 0.560. The van der Waals surface area contributed by atoms with Gasteiger partial charge in [-0.1, -0.05) is 0 Å². The van der Waals surface area contributed by atoms with E-state index in [1.165, 1.54) is 7.11 Å². The Morgan fingerprint density at radius 2 is 1.89 bits per heavy atom. The van der Waals surface area contributed by atoms with Gasteiger partial charge >= 0.3 is 0 Å². The highest BCUT2D eigenvalue weighted by Gasteiger charge is 2.17. The van der Waals surface area contributed by atoms with Gasteiger partial charge in [0.1, 0.15) is 0 Å². The van der Waals surface area contributed by atoms with Crippen molar-refractivity contribution in [3.8, 4) is 11.5 Å². The average Bonchev–Trinajstić information content (AvgIpc) is 3.02. The maximum absolute atomic E-state index is 14.4. The summed E-state index contributed by atoms with van der Waals surface area (Å²) < 4.78 is 25.3. The molecule has 1 heterocycles. The number of halogens is 2. The molecule has 0 aliphatic rings. The van der Waals surface area contributed by atoms with Crippen LogP contribution >= 0.6 is 15.9 Å². The number of methoxy groups -OCH3 is 2. The number of hydrogen-bond acceptors (Lipinski definition) is 3. The first-order chi connectivity index (χ1) is 13.4. The number of nitrogens with one attached hydrogen (secondary N) is 2. The highest BCUT2D eigenvalue weighted by molar-refractivity contribution is 9.10. The number of H-pyrrole nitrogens is 1. The lowest BCUT2D eigenvalue weighted by molar-refractivity contribution is 0.0953. The van der Waals surface area contributed by atoms with Gasteiger partial charge < -0.3 is 19.8 Å². The van der Waals surface area contributed by atoms with Gasteiger partial charge in [0.2, 0.25) is 0 Å². The molecule has 0 aliphatic heterocycles. The van der Waals surface area contributed by atoms with Crippen LogP contribution in [-0.4, -0.2) is 31.7 Å². The van der Waals surface area contributed by atoms with Crippen molar-refractivity contribution in [2.24, 2.45) is 0 Å².